The first-order chi connectivity index (χ1) is 11.0. The van der Waals surface area contributed by atoms with Gasteiger partial charge in [0.25, 0.3) is 0 Å². The molecule has 0 bridgehead atoms. The smallest absolute Gasteiger partial charge is 0.250 e. The van der Waals surface area contributed by atoms with Crippen molar-refractivity contribution in [3.8, 4) is 0 Å². The van der Waals surface area contributed by atoms with Crippen molar-refractivity contribution in [1.82, 2.24) is 4.98 Å². The average Bonchev–Trinajstić information content (AvgIpc) is 2.88. The molecule has 1 aromatic heterocycles. The molecule has 0 unspecified atom stereocenters. The van der Waals surface area contributed by atoms with E-state index in [1.54, 1.807) is 12.1 Å². The van der Waals surface area contributed by atoms with Crippen LogP contribution in [0.4, 0.5) is 11.4 Å². The summed E-state index contributed by atoms with van der Waals surface area (Å²) >= 11 is 1.52. The number of ether oxygens (including phenoxy) is 1. The highest BCUT2D eigenvalue weighted by Crippen LogP contribution is 2.21. The van der Waals surface area contributed by atoms with Crippen molar-refractivity contribution in [2.24, 2.45) is 0 Å². The number of carbonyl (C=O) groups is 2. The number of hydrogen-bond acceptors (Lipinski definition) is 5. The number of aromatic nitrogens is 1. The lowest BCUT2D eigenvalue weighted by Gasteiger charge is -2.11. The standard InChI is InChI=1S/C16H19N3O3S/c1-10-4-5-12(18-16(21)8-22-3)6-14(10)19-15(20)7-13-9-23-11(2)17-13/h4-6,9H,7-8H2,1-3H3,(H,18,21)(H,19,20). The number of hydrogen-bond donors (Lipinski definition) is 2. The highest BCUT2D eigenvalue weighted by molar-refractivity contribution is 7.09. The summed E-state index contributed by atoms with van der Waals surface area (Å²) in [4.78, 5) is 27.9. The van der Waals surface area contributed by atoms with Crippen molar-refractivity contribution in [2.45, 2.75) is 20.3 Å². The number of methoxy groups -OCH3 is 1. The Morgan fingerprint density at radius 2 is 2.00 bits per heavy atom. The minimum absolute atomic E-state index is 0.0151. The van der Waals surface area contributed by atoms with E-state index >= 15 is 0 Å². The van der Waals surface area contributed by atoms with E-state index < -0.39 is 0 Å². The number of aryl methyl sites for hydroxylation is 2. The van der Waals surface area contributed by atoms with Crippen LogP contribution in [0, 0.1) is 13.8 Å². The Morgan fingerprint density at radius 3 is 2.65 bits per heavy atom. The Labute approximate surface area is 138 Å². The number of benzene rings is 1. The lowest BCUT2D eigenvalue weighted by Crippen LogP contribution is -2.18. The van der Waals surface area contributed by atoms with Crippen LogP contribution in [0.5, 0.6) is 0 Å². The lowest BCUT2D eigenvalue weighted by atomic mass is 10.1. The number of anilines is 2. The summed E-state index contributed by atoms with van der Waals surface area (Å²) in [5.74, 6) is -0.384. The summed E-state index contributed by atoms with van der Waals surface area (Å²) in [5.41, 5.74) is 2.94. The molecule has 0 fully saturated rings. The molecule has 2 aromatic rings. The molecule has 1 aromatic carbocycles. The van der Waals surface area contributed by atoms with Crippen molar-refractivity contribution in [2.75, 3.05) is 24.4 Å². The van der Waals surface area contributed by atoms with Gasteiger partial charge in [0, 0.05) is 23.9 Å². The maximum absolute atomic E-state index is 12.1. The summed E-state index contributed by atoms with van der Waals surface area (Å²) in [6.07, 6.45) is 0.226. The van der Waals surface area contributed by atoms with Crippen LogP contribution in [0.1, 0.15) is 16.3 Å². The first-order valence-corrected chi connectivity index (χ1v) is 7.96. The molecule has 2 N–H and O–H groups in total. The van der Waals surface area contributed by atoms with Crippen LogP contribution in [-0.4, -0.2) is 30.5 Å². The summed E-state index contributed by atoms with van der Waals surface area (Å²) in [6, 6.07) is 5.35. The molecular weight excluding hydrogens is 314 g/mol. The maximum Gasteiger partial charge on any atom is 0.250 e. The molecule has 0 aliphatic rings. The van der Waals surface area contributed by atoms with E-state index in [-0.39, 0.29) is 24.8 Å². The van der Waals surface area contributed by atoms with Gasteiger partial charge in [-0.25, -0.2) is 4.98 Å². The Hall–Kier alpha value is -2.25. The molecule has 0 saturated carbocycles. The highest BCUT2D eigenvalue weighted by atomic mass is 32.1. The van der Waals surface area contributed by atoms with E-state index in [1.165, 1.54) is 18.4 Å². The van der Waals surface area contributed by atoms with Crippen LogP contribution < -0.4 is 10.6 Å². The summed E-state index contributed by atoms with van der Waals surface area (Å²) in [7, 11) is 1.46. The van der Waals surface area contributed by atoms with Crippen LogP contribution in [0.2, 0.25) is 0 Å². The molecule has 0 aliphatic heterocycles. The highest BCUT2D eigenvalue weighted by Gasteiger charge is 2.10. The van der Waals surface area contributed by atoms with E-state index in [0.29, 0.717) is 11.4 Å². The Bertz CT molecular complexity index is 712. The summed E-state index contributed by atoms with van der Waals surface area (Å²) < 4.78 is 4.77. The van der Waals surface area contributed by atoms with Crippen LogP contribution >= 0.6 is 11.3 Å². The Kier molecular flexibility index (Phi) is 5.84. The molecule has 7 heteroatoms. The van der Waals surface area contributed by atoms with Gasteiger partial charge in [-0.3, -0.25) is 9.59 Å². The fourth-order valence-corrected chi connectivity index (χ4v) is 2.62. The quantitative estimate of drug-likeness (QED) is 0.851. The largest absolute Gasteiger partial charge is 0.375 e. The van der Waals surface area contributed by atoms with E-state index in [1.807, 2.05) is 25.3 Å². The molecule has 0 spiro atoms. The number of rotatable bonds is 6. The van der Waals surface area contributed by atoms with E-state index in [0.717, 1.165) is 16.3 Å². The second-order valence-corrected chi connectivity index (χ2v) is 6.16. The number of nitrogens with one attached hydrogen (secondary N) is 2. The third-order valence-corrected chi connectivity index (χ3v) is 3.90. The van der Waals surface area contributed by atoms with Gasteiger partial charge in [0.15, 0.2) is 0 Å². The zero-order chi connectivity index (χ0) is 16.8. The predicted molar refractivity (Wildman–Crippen MR) is 90.9 cm³/mol. The Morgan fingerprint density at radius 1 is 1.22 bits per heavy atom. The topological polar surface area (TPSA) is 80.3 Å². The Balaban J connectivity index is 2.03. The third-order valence-electron chi connectivity index (χ3n) is 3.08. The van der Waals surface area contributed by atoms with E-state index in [2.05, 4.69) is 15.6 Å². The summed E-state index contributed by atoms with van der Waals surface area (Å²) in [5, 5.41) is 8.38. The third kappa shape index (κ3) is 5.15. The van der Waals surface area contributed by atoms with E-state index in [4.69, 9.17) is 4.74 Å². The van der Waals surface area contributed by atoms with Gasteiger partial charge in [-0.1, -0.05) is 6.07 Å². The van der Waals surface area contributed by atoms with Crippen LogP contribution in [-0.2, 0) is 20.7 Å². The van der Waals surface area contributed by atoms with Crippen molar-refractivity contribution in [3.05, 3.63) is 39.8 Å². The molecule has 0 saturated heterocycles. The van der Waals surface area contributed by atoms with Gasteiger partial charge in [-0.05, 0) is 31.5 Å². The fraction of sp³-hybridized carbons (Fsp3) is 0.312. The van der Waals surface area contributed by atoms with Crippen molar-refractivity contribution >= 4 is 34.5 Å². The van der Waals surface area contributed by atoms with Gasteiger partial charge in [-0.2, -0.15) is 0 Å². The normalized spacial score (nSPS) is 10.4. The minimum Gasteiger partial charge on any atom is -0.375 e. The molecule has 0 atom stereocenters. The molecule has 0 aliphatic carbocycles. The van der Waals surface area contributed by atoms with Gasteiger partial charge in [0.1, 0.15) is 6.61 Å². The van der Waals surface area contributed by atoms with Crippen molar-refractivity contribution in [3.63, 3.8) is 0 Å². The van der Waals surface area contributed by atoms with Crippen LogP contribution in [0.25, 0.3) is 0 Å². The van der Waals surface area contributed by atoms with Gasteiger partial charge < -0.3 is 15.4 Å². The first-order valence-electron chi connectivity index (χ1n) is 7.08. The number of amides is 2. The first kappa shape index (κ1) is 17.1. The van der Waals surface area contributed by atoms with E-state index in [9.17, 15) is 9.59 Å². The molecule has 2 amide bonds. The second-order valence-electron chi connectivity index (χ2n) is 5.09. The second kappa shape index (κ2) is 7.85. The maximum atomic E-state index is 12.1. The number of nitrogens with zero attached hydrogens (tertiary/aromatic N) is 1. The zero-order valence-corrected chi connectivity index (χ0v) is 14.1. The summed E-state index contributed by atoms with van der Waals surface area (Å²) in [6.45, 7) is 3.78. The van der Waals surface area contributed by atoms with Crippen LogP contribution in [0.3, 0.4) is 0 Å². The van der Waals surface area contributed by atoms with Crippen molar-refractivity contribution < 1.29 is 14.3 Å². The SMILES string of the molecule is COCC(=O)Nc1ccc(C)c(NC(=O)Cc2csc(C)n2)c1. The lowest BCUT2D eigenvalue weighted by molar-refractivity contribution is -0.119. The minimum atomic E-state index is -0.244. The molecule has 0 radical (unpaired) electrons. The van der Waals surface area contributed by atoms with Gasteiger partial charge in [-0.15, -0.1) is 11.3 Å². The van der Waals surface area contributed by atoms with Crippen LogP contribution in [0.15, 0.2) is 23.6 Å². The monoisotopic (exact) mass is 333 g/mol. The average molecular weight is 333 g/mol. The predicted octanol–water partition coefficient (Wildman–Crippen LogP) is 2.53. The number of thiazole rings is 1. The fourth-order valence-electron chi connectivity index (χ4n) is 2.01. The molecular formula is C16H19N3O3S. The molecule has 122 valence electrons. The molecule has 1 heterocycles. The number of carbonyl (C=O) groups excluding carboxylic acids is 2. The zero-order valence-electron chi connectivity index (χ0n) is 13.3. The molecule has 2 rings (SSSR count). The van der Waals surface area contributed by atoms with Gasteiger partial charge in [0.2, 0.25) is 11.8 Å². The van der Waals surface area contributed by atoms with Crippen molar-refractivity contribution in [1.29, 1.82) is 0 Å². The molecule has 6 nitrogen and oxygen atoms in total. The van der Waals surface area contributed by atoms with Gasteiger partial charge in [0.05, 0.1) is 17.1 Å². The van der Waals surface area contributed by atoms with Gasteiger partial charge >= 0.3 is 0 Å². The molecule has 23 heavy (non-hydrogen) atoms.